The number of benzene rings is 1. The predicted molar refractivity (Wildman–Crippen MR) is 210 cm³/mol. The van der Waals surface area contributed by atoms with Crippen molar-refractivity contribution in [3.05, 3.63) is 35.9 Å². The molecule has 1 heterocycles. The van der Waals surface area contributed by atoms with Crippen LogP contribution in [0.15, 0.2) is 30.3 Å². The van der Waals surface area contributed by atoms with Gasteiger partial charge in [0.1, 0.15) is 6.10 Å². The molecule has 1 N–H and O–H groups in total. The second kappa shape index (κ2) is 21.2. The van der Waals surface area contributed by atoms with Crippen molar-refractivity contribution < 1.29 is 27.9 Å². The molecule has 0 radical (unpaired) electrons. The van der Waals surface area contributed by atoms with E-state index in [9.17, 15) is 5.11 Å². The quantitative estimate of drug-likeness (QED) is 0.0720. The average molecular weight is 725 g/mol. The van der Waals surface area contributed by atoms with Crippen LogP contribution in [0.4, 0.5) is 0 Å². The highest BCUT2D eigenvalue weighted by Crippen LogP contribution is 2.41. The van der Waals surface area contributed by atoms with Crippen molar-refractivity contribution in [2.45, 2.75) is 181 Å². The lowest BCUT2D eigenvalue weighted by Crippen LogP contribution is -2.55. The van der Waals surface area contributed by atoms with Gasteiger partial charge in [-0.15, -0.1) is 0 Å². The van der Waals surface area contributed by atoms with E-state index in [1.807, 2.05) is 0 Å². The zero-order valence-electron chi connectivity index (χ0n) is 33.2. The van der Waals surface area contributed by atoms with Crippen LogP contribution in [0.2, 0.25) is 54.4 Å². The highest BCUT2D eigenvalue weighted by Gasteiger charge is 2.48. The minimum absolute atomic E-state index is 0.0102. The number of hydrogen-bond acceptors (Lipinski definition) is 6. The summed E-state index contributed by atoms with van der Waals surface area (Å²) in [5, 5.41) is 9.90. The summed E-state index contributed by atoms with van der Waals surface area (Å²) in [7, 11) is -5.90. The molecule has 1 aromatic rings. The van der Waals surface area contributed by atoms with E-state index in [1.165, 1.54) is 5.56 Å². The van der Waals surface area contributed by atoms with Crippen molar-refractivity contribution >= 4 is 25.0 Å². The summed E-state index contributed by atoms with van der Waals surface area (Å²) >= 11 is 0. The molecule has 1 saturated heterocycles. The molecule has 0 aliphatic carbocycles. The molecule has 0 aromatic heterocycles. The van der Waals surface area contributed by atoms with Crippen LogP contribution in [-0.4, -0.2) is 73.8 Å². The van der Waals surface area contributed by atoms with Crippen LogP contribution in [0.25, 0.3) is 0 Å². The first-order valence-electron chi connectivity index (χ1n) is 19.9. The smallest absolute Gasteiger partial charge is 0.192 e. The van der Waals surface area contributed by atoms with Crippen LogP contribution >= 0.6 is 0 Å². The van der Waals surface area contributed by atoms with Crippen molar-refractivity contribution in [3.63, 3.8) is 0 Å². The van der Waals surface area contributed by atoms with E-state index >= 15 is 0 Å². The van der Waals surface area contributed by atoms with E-state index in [0.717, 1.165) is 60.8 Å². The molecule has 9 heteroatoms. The first-order valence-corrected chi connectivity index (χ1v) is 27.4. The molecular formula is C39H76O6Si3. The lowest BCUT2D eigenvalue weighted by molar-refractivity contribution is -0.0574. The van der Waals surface area contributed by atoms with Gasteiger partial charge in [-0.3, -0.25) is 0 Å². The first kappa shape index (κ1) is 43.8. The molecule has 2 rings (SSSR count). The second-order valence-corrected chi connectivity index (χ2v) is 29.0. The summed E-state index contributed by atoms with van der Waals surface area (Å²) < 4.78 is 35.0. The van der Waals surface area contributed by atoms with Gasteiger partial charge in [0.25, 0.3) is 0 Å². The Bertz CT molecular complexity index is 962. The normalized spacial score (nSPS) is 21.0. The van der Waals surface area contributed by atoms with Gasteiger partial charge in [0.05, 0.1) is 44.2 Å². The van der Waals surface area contributed by atoms with Gasteiger partial charge in [-0.25, -0.2) is 0 Å². The Kier molecular flexibility index (Phi) is 19.4. The van der Waals surface area contributed by atoms with E-state index in [2.05, 4.69) is 113 Å². The number of epoxide rings is 1. The highest BCUT2D eigenvalue weighted by molar-refractivity contribution is 6.74. The molecule has 1 aromatic carbocycles. The summed E-state index contributed by atoms with van der Waals surface area (Å²) in [5.41, 5.74) is 1.20. The summed E-state index contributed by atoms with van der Waals surface area (Å²) in [4.78, 5) is 0. The molecule has 1 fully saturated rings. The number of aliphatic hydroxyl groups is 1. The van der Waals surface area contributed by atoms with Gasteiger partial charge in [0, 0.05) is 24.2 Å². The number of hydrogen-bond donors (Lipinski definition) is 1. The molecule has 0 amide bonds. The summed E-state index contributed by atoms with van der Waals surface area (Å²) in [6, 6.07) is 20.5. The molecule has 48 heavy (non-hydrogen) atoms. The third-order valence-electron chi connectivity index (χ3n) is 12.5. The van der Waals surface area contributed by atoms with Crippen molar-refractivity contribution in [1.29, 1.82) is 0 Å². The fourth-order valence-electron chi connectivity index (χ4n) is 7.91. The maximum atomic E-state index is 9.90. The summed E-state index contributed by atoms with van der Waals surface area (Å²) in [6.45, 7) is 29.4. The average Bonchev–Trinajstić information content (AvgIpc) is 3.90. The Hall–Kier alpha value is -0.369. The van der Waals surface area contributed by atoms with Crippen LogP contribution < -0.4 is 0 Å². The lowest BCUT2D eigenvalue weighted by Gasteiger charge is -2.47. The maximum Gasteiger partial charge on any atom is 0.192 e. The number of ether oxygens (including phenoxy) is 2. The van der Waals surface area contributed by atoms with Gasteiger partial charge in [-0.05, 0) is 60.0 Å². The predicted octanol–water partition coefficient (Wildman–Crippen LogP) is 10.4. The van der Waals surface area contributed by atoms with Crippen LogP contribution in [0, 0.1) is 17.8 Å². The molecule has 0 unspecified atom stereocenters. The fourth-order valence-corrected chi connectivity index (χ4v) is 16.9. The minimum Gasteiger partial charge on any atom is -0.413 e. The van der Waals surface area contributed by atoms with Gasteiger partial charge in [0.2, 0.25) is 0 Å². The zero-order valence-corrected chi connectivity index (χ0v) is 36.2. The minimum atomic E-state index is -2.00. The van der Waals surface area contributed by atoms with E-state index in [-0.39, 0.29) is 54.9 Å². The summed E-state index contributed by atoms with van der Waals surface area (Å²) in [6.07, 6.45) is 0.817. The van der Waals surface area contributed by atoms with E-state index in [0.29, 0.717) is 13.2 Å². The second-order valence-electron chi connectivity index (χ2n) is 14.9. The van der Waals surface area contributed by atoms with Crippen LogP contribution in [-0.2, 0) is 29.4 Å². The highest BCUT2D eigenvalue weighted by atomic mass is 28.4. The topological polar surface area (TPSA) is 69.7 Å². The third kappa shape index (κ3) is 11.8. The Morgan fingerprint density at radius 3 is 1.52 bits per heavy atom. The van der Waals surface area contributed by atoms with E-state index in [4.69, 9.17) is 22.8 Å². The van der Waals surface area contributed by atoms with Crippen molar-refractivity contribution in [2.24, 2.45) is 17.8 Å². The molecular weight excluding hydrogens is 649 g/mol. The monoisotopic (exact) mass is 724 g/mol. The third-order valence-corrected chi connectivity index (χ3v) is 26.4. The summed E-state index contributed by atoms with van der Waals surface area (Å²) in [5.74, 6) is 0.519. The zero-order chi connectivity index (χ0) is 36.0. The SMILES string of the molecule is CC[Si](CC)(CC)O[C@H]([C@@H](C)[C@@H](O[Si](CC)(CC)CC)[C@@H](C)COCc1ccccc1)[C@@H](C)[C@@H](C[C@@H]1O[C@H]1CO)O[Si](CC)(CC)CC. The van der Waals surface area contributed by atoms with Gasteiger partial charge in [-0.2, -0.15) is 0 Å². The fraction of sp³-hybridized carbons (Fsp3) is 0.846. The van der Waals surface area contributed by atoms with E-state index < -0.39 is 25.0 Å². The van der Waals surface area contributed by atoms with E-state index in [1.54, 1.807) is 0 Å². The van der Waals surface area contributed by atoms with Crippen molar-refractivity contribution in [3.8, 4) is 0 Å². The molecule has 0 spiro atoms. The van der Waals surface area contributed by atoms with Crippen LogP contribution in [0.1, 0.15) is 95.1 Å². The van der Waals surface area contributed by atoms with Crippen molar-refractivity contribution in [1.82, 2.24) is 0 Å². The molecule has 0 bridgehead atoms. The Balaban J connectivity index is 2.59. The Morgan fingerprint density at radius 2 is 1.08 bits per heavy atom. The van der Waals surface area contributed by atoms with Gasteiger partial charge in [0.15, 0.2) is 25.0 Å². The number of aliphatic hydroxyl groups excluding tert-OH is 1. The molecule has 6 nitrogen and oxygen atoms in total. The van der Waals surface area contributed by atoms with Crippen LogP contribution in [0.5, 0.6) is 0 Å². The Morgan fingerprint density at radius 1 is 0.625 bits per heavy atom. The lowest BCUT2D eigenvalue weighted by atomic mass is 9.81. The molecule has 8 atom stereocenters. The standard InChI is InChI=1S/C39H76O6Si3/c1-13-46(14-2,15-3)43-35(27-36-37(28-40)42-36)32(11)39(45-48(19-7,20-8)21-9)33(12)38(44-47(16-4,17-5)18-6)31(10)29-41-30-34-25-23-22-24-26-34/h22-26,31-33,35-40H,13-21,27-30H2,1-12H3/t31-,32-,33-,35+,36-,37-,38-,39-/m0/s1. The largest absolute Gasteiger partial charge is 0.413 e. The van der Waals surface area contributed by atoms with Gasteiger partial charge in [-0.1, -0.05) is 113 Å². The maximum absolute atomic E-state index is 9.90. The van der Waals surface area contributed by atoms with Gasteiger partial charge < -0.3 is 27.9 Å². The van der Waals surface area contributed by atoms with Crippen molar-refractivity contribution in [2.75, 3.05) is 13.2 Å². The van der Waals surface area contributed by atoms with Gasteiger partial charge >= 0.3 is 0 Å². The molecule has 0 saturated carbocycles. The Labute approximate surface area is 299 Å². The molecule has 280 valence electrons. The number of rotatable bonds is 27. The molecule has 1 aliphatic heterocycles. The first-order chi connectivity index (χ1) is 22.9. The molecule has 1 aliphatic rings. The van der Waals surface area contributed by atoms with Crippen LogP contribution in [0.3, 0.4) is 0 Å².